The second kappa shape index (κ2) is 5.09. The molecular formula is C14H15IN2S. The highest BCUT2D eigenvalue weighted by Crippen LogP contribution is 2.37. The van der Waals surface area contributed by atoms with Crippen LogP contribution in [-0.4, -0.2) is 6.04 Å². The fourth-order valence-electron chi connectivity index (χ4n) is 2.15. The molecule has 0 aliphatic heterocycles. The zero-order valence-electron chi connectivity index (χ0n) is 9.97. The van der Waals surface area contributed by atoms with Crippen molar-refractivity contribution in [2.24, 2.45) is 0 Å². The third-order valence-electron chi connectivity index (χ3n) is 3.19. The standard InChI is InChI=1S/C14H15IN2S/c15-10-3-6-14(13(16)8-10)17(11-4-5-11)9-12-2-1-7-18-12/h1-3,6-8,11H,4-5,9,16H2. The van der Waals surface area contributed by atoms with Crippen molar-refractivity contribution in [1.82, 2.24) is 0 Å². The molecule has 1 aliphatic carbocycles. The fourth-order valence-corrected chi connectivity index (χ4v) is 3.37. The first kappa shape index (κ1) is 12.3. The second-order valence-electron chi connectivity index (χ2n) is 4.64. The van der Waals surface area contributed by atoms with Crippen LogP contribution in [0.1, 0.15) is 17.7 Å². The summed E-state index contributed by atoms with van der Waals surface area (Å²) < 4.78 is 1.20. The average Bonchev–Trinajstić information content (AvgIpc) is 3.05. The summed E-state index contributed by atoms with van der Waals surface area (Å²) in [5.41, 5.74) is 8.25. The topological polar surface area (TPSA) is 29.3 Å². The lowest BCUT2D eigenvalue weighted by Crippen LogP contribution is -2.25. The summed E-state index contributed by atoms with van der Waals surface area (Å²) in [4.78, 5) is 3.86. The van der Waals surface area contributed by atoms with E-state index in [-0.39, 0.29) is 0 Å². The second-order valence-corrected chi connectivity index (χ2v) is 6.92. The molecule has 1 aromatic heterocycles. The molecule has 0 bridgehead atoms. The molecule has 1 saturated carbocycles. The van der Waals surface area contributed by atoms with Crippen LogP contribution in [0.3, 0.4) is 0 Å². The van der Waals surface area contributed by atoms with Crippen LogP contribution >= 0.6 is 33.9 Å². The highest BCUT2D eigenvalue weighted by Gasteiger charge is 2.30. The molecule has 0 radical (unpaired) electrons. The molecule has 3 rings (SSSR count). The van der Waals surface area contributed by atoms with E-state index < -0.39 is 0 Å². The number of hydrogen-bond acceptors (Lipinski definition) is 3. The molecule has 4 heteroatoms. The molecule has 1 fully saturated rings. The molecule has 2 N–H and O–H groups in total. The Kier molecular flexibility index (Phi) is 3.48. The summed E-state index contributed by atoms with van der Waals surface area (Å²) in [5, 5.41) is 2.14. The predicted octanol–water partition coefficient (Wildman–Crippen LogP) is 4.10. The first-order valence-electron chi connectivity index (χ1n) is 6.08. The van der Waals surface area contributed by atoms with Crippen molar-refractivity contribution >= 4 is 45.3 Å². The highest BCUT2D eigenvalue weighted by atomic mass is 127. The van der Waals surface area contributed by atoms with Crippen LogP contribution in [0.2, 0.25) is 0 Å². The monoisotopic (exact) mass is 370 g/mol. The summed E-state index contributed by atoms with van der Waals surface area (Å²) in [6.07, 6.45) is 2.58. The lowest BCUT2D eigenvalue weighted by molar-refractivity contribution is 0.805. The molecule has 0 amide bonds. The van der Waals surface area contributed by atoms with E-state index in [1.807, 2.05) is 11.3 Å². The van der Waals surface area contributed by atoms with E-state index in [0.717, 1.165) is 12.2 Å². The Labute approximate surface area is 125 Å². The largest absolute Gasteiger partial charge is 0.397 e. The van der Waals surface area contributed by atoms with E-state index in [0.29, 0.717) is 6.04 Å². The van der Waals surface area contributed by atoms with E-state index in [1.165, 1.54) is 27.0 Å². The molecule has 94 valence electrons. The Morgan fingerprint density at radius 2 is 2.17 bits per heavy atom. The third-order valence-corrected chi connectivity index (χ3v) is 4.73. The van der Waals surface area contributed by atoms with Crippen LogP contribution < -0.4 is 10.6 Å². The van der Waals surface area contributed by atoms with Gasteiger partial charge in [-0.1, -0.05) is 6.07 Å². The number of nitrogen functional groups attached to an aromatic ring is 1. The Bertz CT molecular complexity index is 535. The van der Waals surface area contributed by atoms with Gasteiger partial charge in [-0.2, -0.15) is 0 Å². The minimum Gasteiger partial charge on any atom is -0.397 e. The van der Waals surface area contributed by atoms with Gasteiger partial charge in [-0.3, -0.25) is 0 Å². The number of nitrogens with two attached hydrogens (primary N) is 1. The zero-order valence-corrected chi connectivity index (χ0v) is 12.9. The summed E-state index contributed by atoms with van der Waals surface area (Å²) in [6.45, 7) is 0.979. The minimum absolute atomic E-state index is 0.675. The van der Waals surface area contributed by atoms with Crippen molar-refractivity contribution in [3.8, 4) is 0 Å². The van der Waals surface area contributed by atoms with Gasteiger partial charge in [0.1, 0.15) is 0 Å². The number of anilines is 2. The molecule has 1 heterocycles. The van der Waals surface area contributed by atoms with Crippen LogP contribution in [0.25, 0.3) is 0 Å². The van der Waals surface area contributed by atoms with Crippen LogP contribution in [0.5, 0.6) is 0 Å². The quantitative estimate of drug-likeness (QED) is 0.649. The number of nitrogens with zero attached hydrogens (tertiary/aromatic N) is 1. The van der Waals surface area contributed by atoms with Gasteiger partial charge in [-0.15, -0.1) is 11.3 Å². The van der Waals surface area contributed by atoms with Gasteiger partial charge in [0.05, 0.1) is 17.9 Å². The Morgan fingerprint density at radius 3 is 2.78 bits per heavy atom. The van der Waals surface area contributed by atoms with Gasteiger partial charge in [0.25, 0.3) is 0 Å². The van der Waals surface area contributed by atoms with Crippen LogP contribution in [-0.2, 0) is 6.54 Å². The lowest BCUT2D eigenvalue weighted by atomic mass is 10.2. The maximum absolute atomic E-state index is 6.17. The molecule has 2 aromatic rings. The number of halogens is 1. The van der Waals surface area contributed by atoms with E-state index in [9.17, 15) is 0 Å². The van der Waals surface area contributed by atoms with Crippen molar-refractivity contribution in [2.75, 3.05) is 10.6 Å². The maximum atomic E-state index is 6.17. The van der Waals surface area contributed by atoms with Crippen molar-refractivity contribution in [3.05, 3.63) is 44.2 Å². The Morgan fingerprint density at radius 1 is 1.33 bits per heavy atom. The third kappa shape index (κ3) is 2.64. The first-order valence-corrected chi connectivity index (χ1v) is 8.04. The molecule has 0 saturated heterocycles. The van der Waals surface area contributed by atoms with E-state index >= 15 is 0 Å². The predicted molar refractivity (Wildman–Crippen MR) is 87.1 cm³/mol. The number of benzene rings is 1. The molecule has 0 unspecified atom stereocenters. The summed E-state index contributed by atoms with van der Waals surface area (Å²) in [6, 6.07) is 11.3. The lowest BCUT2D eigenvalue weighted by Gasteiger charge is -2.25. The van der Waals surface area contributed by atoms with Gasteiger partial charge in [0.15, 0.2) is 0 Å². The zero-order chi connectivity index (χ0) is 12.5. The van der Waals surface area contributed by atoms with Gasteiger partial charge >= 0.3 is 0 Å². The van der Waals surface area contributed by atoms with Gasteiger partial charge < -0.3 is 10.6 Å². The van der Waals surface area contributed by atoms with Gasteiger partial charge in [0, 0.05) is 14.5 Å². The highest BCUT2D eigenvalue weighted by molar-refractivity contribution is 14.1. The summed E-state index contributed by atoms with van der Waals surface area (Å²) in [7, 11) is 0. The van der Waals surface area contributed by atoms with Crippen LogP contribution in [0, 0.1) is 3.57 Å². The van der Waals surface area contributed by atoms with Crippen molar-refractivity contribution < 1.29 is 0 Å². The SMILES string of the molecule is Nc1cc(I)ccc1N(Cc1cccs1)C1CC1. The van der Waals surface area contributed by atoms with Crippen molar-refractivity contribution in [2.45, 2.75) is 25.4 Å². The first-order chi connectivity index (χ1) is 8.74. The van der Waals surface area contributed by atoms with Crippen molar-refractivity contribution in [1.29, 1.82) is 0 Å². The number of rotatable bonds is 4. The Balaban J connectivity index is 1.89. The van der Waals surface area contributed by atoms with E-state index in [2.05, 4.69) is 63.2 Å². The van der Waals surface area contributed by atoms with Gasteiger partial charge in [0.2, 0.25) is 0 Å². The number of thiophene rings is 1. The minimum atomic E-state index is 0.675. The number of hydrogen-bond donors (Lipinski definition) is 1. The fraction of sp³-hybridized carbons (Fsp3) is 0.286. The van der Waals surface area contributed by atoms with E-state index in [1.54, 1.807) is 0 Å². The smallest absolute Gasteiger partial charge is 0.0606 e. The Hall–Kier alpha value is -0.750. The summed E-state index contributed by atoms with van der Waals surface area (Å²) >= 11 is 4.12. The van der Waals surface area contributed by atoms with Crippen LogP contribution in [0.4, 0.5) is 11.4 Å². The normalized spacial score (nSPS) is 14.7. The average molecular weight is 370 g/mol. The molecule has 0 atom stereocenters. The molecule has 0 spiro atoms. The summed E-state index contributed by atoms with van der Waals surface area (Å²) in [5.74, 6) is 0. The van der Waals surface area contributed by atoms with Gasteiger partial charge in [-0.25, -0.2) is 0 Å². The van der Waals surface area contributed by atoms with Crippen LogP contribution in [0.15, 0.2) is 35.7 Å². The molecule has 18 heavy (non-hydrogen) atoms. The van der Waals surface area contributed by atoms with Crippen molar-refractivity contribution in [3.63, 3.8) is 0 Å². The molecule has 1 aliphatic rings. The molecule has 2 nitrogen and oxygen atoms in total. The molecule has 1 aromatic carbocycles. The van der Waals surface area contributed by atoms with Gasteiger partial charge in [-0.05, 0) is 65.1 Å². The molecular weight excluding hydrogens is 355 g/mol. The maximum Gasteiger partial charge on any atom is 0.0606 e. The van der Waals surface area contributed by atoms with E-state index in [4.69, 9.17) is 5.73 Å².